The third kappa shape index (κ3) is 8.97. The lowest BCUT2D eigenvalue weighted by Gasteiger charge is -2.02. The monoisotopic (exact) mass is 359 g/mol. The van der Waals surface area contributed by atoms with E-state index in [4.69, 9.17) is 0 Å². The van der Waals surface area contributed by atoms with Crippen LogP contribution in [0, 0.1) is 0 Å². The van der Waals surface area contributed by atoms with Gasteiger partial charge >= 0.3 is 5.88 Å². The summed E-state index contributed by atoms with van der Waals surface area (Å²) in [6.07, 6.45) is 15.4. The van der Waals surface area contributed by atoms with Gasteiger partial charge in [0.05, 0.1) is 5.56 Å². The molecule has 0 spiro atoms. The molecule has 0 aliphatic rings. The Hall–Kier alpha value is -0.770. The molecule has 1 rings (SSSR count). The van der Waals surface area contributed by atoms with Gasteiger partial charge in [-0.25, -0.2) is 0 Å². The van der Waals surface area contributed by atoms with E-state index in [1.807, 2.05) is 6.07 Å². The number of hydrogen-bond donors (Lipinski definition) is 2. The van der Waals surface area contributed by atoms with Crippen LogP contribution < -0.4 is 21.7 Å². The summed E-state index contributed by atoms with van der Waals surface area (Å²) in [7, 11) is 0. The SMILES string of the molecule is CCCCCCCCCCCCc1ccc[n+](O)c1O.[Br-]. The molecule has 1 aromatic heterocycles. The fourth-order valence-electron chi connectivity index (χ4n) is 2.53. The highest BCUT2D eigenvalue weighted by Gasteiger charge is 2.12. The highest BCUT2D eigenvalue weighted by atomic mass is 79.9. The molecule has 122 valence electrons. The first-order valence-corrected chi connectivity index (χ1v) is 8.17. The first-order chi connectivity index (χ1) is 9.75. The molecule has 0 saturated carbocycles. The molecule has 1 heterocycles. The summed E-state index contributed by atoms with van der Waals surface area (Å²) in [6, 6.07) is 3.63. The molecular weight excluding hydrogens is 330 g/mol. The van der Waals surface area contributed by atoms with Gasteiger partial charge in [0.1, 0.15) is 0 Å². The van der Waals surface area contributed by atoms with Crippen LogP contribution in [-0.4, -0.2) is 10.3 Å². The van der Waals surface area contributed by atoms with Crippen LogP contribution >= 0.6 is 0 Å². The van der Waals surface area contributed by atoms with Crippen molar-refractivity contribution in [2.24, 2.45) is 0 Å². The highest BCUT2D eigenvalue weighted by molar-refractivity contribution is 5.19. The molecule has 0 fully saturated rings. The molecule has 0 aromatic carbocycles. The Balaban J connectivity index is 0.00000400. The Labute approximate surface area is 139 Å². The maximum absolute atomic E-state index is 9.65. The zero-order valence-electron chi connectivity index (χ0n) is 13.2. The summed E-state index contributed by atoms with van der Waals surface area (Å²) in [5.74, 6) is -0.0246. The summed E-state index contributed by atoms with van der Waals surface area (Å²) in [5, 5.41) is 19.0. The van der Waals surface area contributed by atoms with Crippen LogP contribution in [0.2, 0.25) is 0 Å². The van der Waals surface area contributed by atoms with Crippen molar-refractivity contribution in [3.8, 4) is 5.88 Å². The second-order valence-electron chi connectivity index (χ2n) is 5.63. The average molecular weight is 360 g/mol. The van der Waals surface area contributed by atoms with Crippen molar-refractivity contribution in [1.29, 1.82) is 0 Å². The second kappa shape index (κ2) is 12.9. The van der Waals surface area contributed by atoms with Gasteiger partial charge in [0, 0.05) is 10.8 Å². The zero-order chi connectivity index (χ0) is 14.6. The predicted molar refractivity (Wildman–Crippen MR) is 81.0 cm³/mol. The van der Waals surface area contributed by atoms with Crippen molar-refractivity contribution in [1.82, 2.24) is 0 Å². The van der Waals surface area contributed by atoms with Crippen LogP contribution in [0.25, 0.3) is 0 Å². The fraction of sp³-hybridized carbons (Fsp3) is 0.706. The highest BCUT2D eigenvalue weighted by Crippen LogP contribution is 2.15. The molecule has 0 aliphatic carbocycles. The van der Waals surface area contributed by atoms with E-state index in [0.717, 1.165) is 23.1 Å². The van der Waals surface area contributed by atoms with E-state index in [0.29, 0.717) is 0 Å². The quantitative estimate of drug-likeness (QED) is 0.356. The fourth-order valence-corrected chi connectivity index (χ4v) is 2.53. The van der Waals surface area contributed by atoms with E-state index in [-0.39, 0.29) is 22.9 Å². The van der Waals surface area contributed by atoms with Gasteiger partial charge in [-0.1, -0.05) is 64.7 Å². The molecule has 21 heavy (non-hydrogen) atoms. The van der Waals surface area contributed by atoms with Crippen LogP contribution in [0.5, 0.6) is 5.88 Å². The van der Waals surface area contributed by atoms with Gasteiger partial charge in [-0.3, -0.25) is 5.21 Å². The third-order valence-electron chi connectivity index (χ3n) is 3.83. The average Bonchev–Trinajstić information content (AvgIpc) is 2.45. The first kappa shape index (κ1) is 20.2. The number of pyridine rings is 1. The van der Waals surface area contributed by atoms with Crippen LogP contribution in [0.3, 0.4) is 0 Å². The number of aromatic nitrogens is 1. The van der Waals surface area contributed by atoms with Crippen LogP contribution in [0.1, 0.15) is 76.7 Å². The van der Waals surface area contributed by atoms with Gasteiger partial charge in [0.15, 0.2) is 0 Å². The Kier molecular flexibility index (Phi) is 12.5. The molecule has 0 bridgehead atoms. The minimum absolute atomic E-state index is 0. The van der Waals surface area contributed by atoms with E-state index in [2.05, 4.69) is 6.92 Å². The van der Waals surface area contributed by atoms with Crippen LogP contribution in [-0.2, 0) is 6.42 Å². The lowest BCUT2D eigenvalue weighted by molar-refractivity contribution is -0.907. The van der Waals surface area contributed by atoms with Crippen molar-refractivity contribution in [3.63, 3.8) is 0 Å². The molecule has 1 aromatic rings. The minimum atomic E-state index is -0.0246. The second-order valence-corrected chi connectivity index (χ2v) is 5.63. The van der Waals surface area contributed by atoms with Crippen molar-refractivity contribution in [3.05, 3.63) is 23.9 Å². The molecule has 0 aliphatic heterocycles. The number of unbranched alkanes of at least 4 members (excludes halogenated alkanes) is 9. The standard InChI is InChI=1S/C17H29NO2.BrH/c1-2-3-4-5-6-7-8-9-10-11-13-16-14-12-15-18(20)17(16)19;/h12,14-15,20H,2-11,13H2,1H3;1H. The molecular formula is C17H30BrNO2. The summed E-state index contributed by atoms with van der Waals surface area (Å²) in [6.45, 7) is 2.25. The normalized spacial score (nSPS) is 10.3. The largest absolute Gasteiger partial charge is 1.00 e. The summed E-state index contributed by atoms with van der Waals surface area (Å²) in [5.41, 5.74) is 0.828. The van der Waals surface area contributed by atoms with Crippen molar-refractivity contribution in [2.45, 2.75) is 77.6 Å². The number of rotatable bonds is 11. The maximum atomic E-state index is 9.65. The van der Waals surface area contributed by atoms with Crippen LogP contribution in [0.15, 0.2) is 18.3 Å². The zero-order valence-corrected chi connectivity index (χ0v) is 14.8. The minimum Gasteiger partial charge on any atom is -1.00 e. The molecule has 0 amide bonds. The van der Waals surface area contributed by atoms with Gasteiger partial charge in [0.25, 0.3) is 0 Å². The van der Waals surface area contributed by atoms with E-state index in [1.165, 1.54) is 64.0 Å². The van der Waals surface area contributed by atoms with Crippen molar-refractivity contribution < 1.29 is 32.0 Å². The van der Waals surface area contributed by atoms with Crippen molar-refractivity contribution >= 4 is 0 Å². The number of hydrogen-bond acceptors (Lipinski definition) is 2. The lowest BCUT2D eigenvalue weighted by Crippen LogP contribution is -3.00. The summed E-state index contributed by atoms with van der Waals surface area (Å²) < 4.78 is 0.783. The topological polar surface area (TPSA) is 44.3 Å². The maximum Gasteiger partial charge on any atom is 0.417 e. The number of aryl methyl sites for hydroxylation is 1. The van der Waals surface area contributed by atoms with Gasteiger partial charge in [-0.05, 0) is 18.9 Å². The molecule has 3 nitrogen and oxygen atoms in total. The van der Waals surface area contributed by atoms with Gasteiger partial charge in [0.2, 0.25) is 6.20 Å². The Morgan fingerprint density at radius 3 is 2.00 bits per heavy atom. The van der Waals surface area contributed by atoms with Crippen molar-refractivity contribution in [2.75, 3.05) is 0 Å². The van der Waals surface area contributed by atoms with Gasteiger partial charge in [-0.15, -0.1) is 0 Å². The molecule has 0 unspecified atom stereocenters. The lowest BCUT2D eigenvalue weighted by atomic mass is 10.0. The summed E-state index contributed by atoms with van der Waals surface area (Å²) in [4.78, 5) is 0. The predicted octanol–water partition coefficient (Wildman–Crippen LogP) is 1.38. The molecule has 2 N–H and O–H groups in total. The number of aromatic hydroxyl groups is 1. The van der Waals surface area contributed by atoms with Crippen LogP contribution in [0.4, 0.5) is 0 Å². The Morgan fingerprint density at radius 2 is 1.43 bits per heavy atom. The molecule has 0 radical (unpaired) electrons. The Bertz CT molecular complexity index is 372. The van der Waals surface area contributed by atoms with E-state index in [9.17, 15) is 10.3 Å². The van der Waals surface area contributed by atoms with E-state index >= 15 is 0 Å². The van der Waals surface area contributed by atoms with Gasteiger partial charge < -0.3 is 22.1 Å². The number of nitrogens with zero attached hydrogens (tertiary/aromatic N) is 1. The molecule has 0 atom stereocenters. The van der Waals surface area contributed by atoms with Gasteiger partial charge in [-0.2, -0.15) is 0 Å². The smallest absolute Gasteiger partial charge is 0.417 e. The number of halogens is 1. The first-order valence-electron chi connectivity index (χ1n) is 8.17. The Morgan fingerprint density at radius 1 is 0.905 bits per heavy atom. The van der Waals surface area contributed by atoms with E-state index in [1.54, 1.807) is 6.07 Å². The molecule has 4 heteroatoms. The third-order valence-corrected chi connectivity index (χ3v) is 3.83. The molecule has 0 saturated heterocycles. The van der Waals surface area contributed by atoms with E-state index < -0.39 is 0 Å². The summed E-state index contributed by atoms with van der Waals surface area (Å²) >= 11 is 0.